The first-order valence-corrected chi connectivity index (χ1v) is 9.45. The lowest BCUT2D eigenvalue weighted by atomic mass is 9.90. The van der Waals surface area contributed by atoms with Gasteiger partial charge in [-0.25, -0.2) is 0 Å². The summed E-state index contributed by atoms with van der Waals surface area (Å²) in [6, 6.07) is 10.9. The standard InChI is InChI=1S/C20H21Cl2NO3/c21-17-6-3-7-18(19(17)22)26-12-16(24)11-23-20(25)15-9-8-13-4-1-2-5-14(13)10-15/h3,6-10,16,24H,1-2,4-5,11-12H2,(H,23,25). The number of aliphatic hydroxyl groups is 1. The number of hydrogen-bond donors (Lipinski definition) is 2. The summed E-state index contributed by atoms with van der Waals surface area (Å²) in [5.74, 6) is 0.206. The lowest BCUT2D eigenvalue weighted by Crippen LogP contribution is -2.35. The monoisotopic (exact) mass is 393 g/mol. The van der Waals surface area contributed by atoms with Gasteiger partial charge in [0, 0.05) is 12.1 Å². The van der Waals surface area contributed by atoms with Crippen molar-refractivity contribution in [3.63, 3.8) is 0 Å². The number of carbonyl (C=O) groups excluding carboxylic acids is 1. The van der Waals surface area contributed by atoms with Crippen LogP contribution in [0.1, 0.15) is 34.3 Å². The van der Waals surface area contributed by atoms with E-state index in [1.807, 2.05) is 18.2 Å². The van der Waals surface area contributed by atoms with Gasteiger partial charge < -0.3 is 15.2 Å². The summed E-state index contributed by atoms with van der Waals surface area (Å²) in [5.41, 5.74) is 3.21. The van der Waals surface area contributed by atoms with Crippen molar-refractivity contribution in [2.24, 2.45) is 0 Å². The Morgan fingerprint density at radius 2 is 1.92 bits per heavy atom. The van der Waals surface area contributed by atoms with Crippen molar-refractivity contribution in [3.8, 4) is 5.75 Å². The number of rotatable bonds is 6. The summed E-state index contributed by atoms with van der Waals surface area (Å²) in [6.07, 6.45) is 3.63. The van der Waals surface area contributed by atoms with Gasteiger partial charge >= 0.3 is 0 Å². The molecule has 1 atom stereocenters. The van der Waals surface area contributed by atoms with Crippen LogP contribution in [0.3, 0.4) is 0 Å². The number of amides is 1. The molecule has 6 heteroatoms. The Labute approximate surface area is 163 Å². The van der Waals surface area contributed by atoms with Crippen molar-refractivity contribution in [1.82, 2.24) is 5.32 Å². The highest BCUT2D eigenvalue weighted by molar-refractivity contribution is 6.42. The van der Waals surface area contributed by atoms with Crippen LogP contribution in [0, 0.1) is 0 Å². The predicted octanol–water partition coefficient (Wildman–Crippen LogP) is 4.04. The smallest absolute Gasteiger partial charge is 0.251 e. The highest BCUT2D eigenvalue weighted by atomic mass is 35.5. The van der Waals surface area contributed by atoms with Crippen LogP contribution >= 0.6 is 23.2 Å². The van der Waals surface area contributed by atoms with Gasteiger partial charge in [0.2, 0.25) is 0 Å². The van der Waals surface area contributed by atoms with Gasteiger partial charge in [-0.1, -0.05) is 35.3 Å². The molecule has 0 heterocycles. The van der Waals surface area contributed by atoms with Crippen molar-refractivity contribution in [2.75, 3.05) is 13.2 Å². The van der Waals surface area contributed by atoms with Crippen LogP contribution in [-0.4, -0.2) is 30.3 Å². The fourth-order valence-corrected chi connectivity index (χ4v) is 3.37. The van der Waals surface area contributed by atoms with E-state index in [-0.39, 0.29) is 19.1 Å². The molecule has 4 nitrogen and oxygen atoms in total. The fraction of sp³-hybridized carbons (Fsp3) is 0.350. The molecule has 3 rings (SSSR count). The molecule has 0 bridgehead atoms. The van der Waals surface area contributed by atoms with Crippen LogP contribution in [0.15, 0.2) is 36.4 Å². The second-order valence-electron chi connectivity index (χ2n) is 6.42. The van der Waals surface area contributed by atoms with Crippen LogP contribution in [0.2, 0.25) is 10.0 Å². The predicted molar refractivity (Wildman–Crippen MR) is 103 cm³/mol. The van der Waals surface area contributed by atoms with E-state index in [9.17, 15) is 9.90 Å². The molecule has 1 amide bonds. The Hall–Kier alpha value is -1.75. The number of carbonyl (C=O) groups is 1. The molecule has 2 aromatic rings. The van der Waals surface area contributed by atoms with E-state index < -0.39 is 6.10 Å². The van der Waals surface area contributed by atoms with Crippen molar-refractivity contribution in [3.05, 3.63) is 63.1 Å². The lowest BCUT2D eigenvalue weighted by molar-refractivity contribution is 0.0844. The van der Waals surface area contributed by atoms with Gasteiger partial charge in [-0.2, -0.15) is 0 Å². The number of aryl methyl sites for hydroxylation is 2. The van der Waals surface area contributed by atoms with E-state index in [2.05, 4.69) is 5.32 Å². The summed E-state index contributed by atoms with van der Waals surface area (Å²) in [7, 11) is 0. The van der Waals surface area contributed by atoms with Gasteiger partial charge in [0.25, 0.3) is 5.91 Å². The number of ether oxygens (including phenoxy) is 1. The molecule has 1 aliphatic carbocycles. The normalized spacial score (nSPS) is 14.4. The van der Waals surface area contributed by atoms with E-state index in [0.29, 0.717) is 21.4 Å². The van der Waals surface area contributed by atoms with Crippen molar-refractivity contribution in [1.29, 1.82) is 0 Å². The Morgan fingerprint density at radius 1 is 1.15 bits per heavy atom. The zero-order valence-corrected chi connectivity index (χ0v) is 15.8. The van der Waals surface area contributed by atoms with Crippen molar-refractivity contribution < 1.29 is 14.6 Å². The second-order valence-corrected chi connectivity index (χ2v) is 7.20. The molecule has 0 fully saturated rings. The van der Waals surface area contributed by atoms with Gasteiger partial charge in [0.1, 0.15) is 23.5 Å². The lowest BCUT2D eigenvalue weighted by Gasteiger charge is -2.17. The summed E-state index contributed by atoms with van der Waals surface area (Å²) in [4.78, 5) is 12.3. The zero-order chi connectivity index (χ0) is 18.5. The SMILES string of the molecule is O=C(NCC(O)COc1cccc(Cl)c1Cl)c1ccc2c(c1)CCCC2. The van der Waals surface area contributed by atoms with Crippen LogP contribution in [0.5, 0.6) is 5.75 Å². The topological polar surface area (TPSA) is 58.6 Å². The number of hydrogen-bond acceptors (Lipinski definition) is 3. The minimum absolute atomic E-state index is 0.00449. The van der Waals surface area contributed by atoms with Gasteiger partial charge in [0.05, 0.1) is 5.02 Å². The third-order valence-corrected chi connectivity index (χ3v) is 5.26. The van der Waals surface area contributed by atoms with E-state index in [1.54, 1.807) is 18.2 Å². The molecule has 1 aliphatic rings. The zero-order valence-electron chi connectivity index (χ0n) is 14.3. The maximum Gasteiger partial charge on any atom is 0.251 e. The molecule has 0 aliphatic heterocycles. The maximum absolute atomic E-state index is 12.3. The first-order valence-electron chi connectivity index (χ1n) is 8.69. The molecule has 2 aromatic carbocycles. The molecule has 138 valence electrons. The van der Waals surface area contributed by atoms with E-state index in [1.165, 1.54) is 24.0 Å². The molecule has 2 N–H and O–H groups in total. The summed E-state index contributed by atoms with van der Waals surface area (Å²) in [5, 5.41) is 13.5. The van der Waals surface area contributed by atoms with E-state index in [4.69, 9.17) is 27.9 Å². The van der Waals surface area contributed by atoms with Crippen molar-refractivity contribution >= 4 is 29.1 Å². The van der Waals surface area contributed by atoms with Gasteiger partial charge in [0.15, 0.2) is 0 Å². The van der Waals surface area contributed by atoms with Crippen LogP contribution in [0.25, 0.3) is 0 Å². The minimum Gasteiger partial charge on any atom is -0.489 e. The van der Waals surface area contributed by atoms with Crippen molar-refractivity contribution in [2.45, 2.75) is 31.8 Å². The Kier molecular flexibility index (Phi) is 6.41. The summed E-state index contributed by atoms with van der Waals surface area (Å²) < 4.78 is 5.47. The number of aliphatic hydroxyl groups excluding tert-OH is 1. The van der Waals surface area contributed by atoms with E-state index >= 15 is 0 Å². The number of halogens is 2. The molecular formula is C20H21Cl2NO3. The average Bonchev–Trinajstić information content (AvgIpc) is 2.66. The molecule has 0 radical (unpaired) electrons. The van der Waals surface area contributed by atoms with Gasteiger partial charge in [-0.15, -0.1) is 0 Å². The largest absolute Gasteiger partial charge is 0.489 e. The van der Waals surface area contributed by atoms with Crippen LogP contribution in [0.4, 0.5) is 0 Å². The summed E-state index contributed by atoms with van der Waals surface area (Å²) in [6.45, 7) is 0.0959. The fourth-order valence-electron chi connectivity index (χ4n) is 3.03. The Morgan fingerprint density at radius 3 is 2.73 bits per heavy atom. The van der Waals surface area contributed by atoms with Crippen LogP contribution in [-0.2, 0) is 12.8 Å². The first kappa shape index (κ1) is 19.0. The average molecular weight is 394 g/mol. The Bertz CT molecular complexity index is 795. The molecule has 0 aromatic heterocycles. The Balaban J connectivity index is 1.50. The molecular weight excluding hydrogens is 373 g/mol. The molecule has 26 heavy (non-hydrogen) atoms. The molecule has 0 spiro atoms. The third kappa shape index (κ3) is 4.70. The van der Waals surface area contributed by atoms with Gasteiger partial charge in [-0.3, -0.25) is 4.79 Å². The highest BCUT2D eigenvalue weighted by Crippen LogP contribution is 2.31. The number of fused-ring (bicyclic) bond motifs is 1. The maximum atomic E-state index is 12.3. The molecule has 0 saturated carbocycles. The second kappa shape index (κ2) is 8.76. The molecule has 1 unspecified atom stereocenters. The summed E-state index contributed by atoms with van der Waals surface area (Å²) >= 11 is 12.0. The number of nitrogens with one attached hydrogen (secondary N) is 1. The van der Waals surface area contributed by atoms with Crippen LogP contribution < -0.4 is 10.1 Å². The molecule has 0 saturated heterocycles. The third-order valence-electron chi connectivity index (χ3n) is 4.46. The first-order chi connectivity index (χ1) is 12.5. The highest BCUT2D eigenvalue weighted by Gasteiger charge is 2.14. The minimum atomic E-state index is -0.855. The number of benzene rings is 2. The van der Waals surface area contributed by atoms with E-state index in [0.717, 1.165) is 12.8 Å². The quantitative estimate of drug-likeness (QED) is 0.778. The van der Waals surface area contributed by atoms with Gasteiger partial charge in [-0.05, 0) is 61.1 Å².